The summed E-state index contributed by atoms with van der Waals surface area (Å²) in [6.45, 7) is 6.61. The number of hydrogen-bond donors (Lipinski definition) is 1. The lowest BCUT2D eigenvalue weighted by Gasteiger charge is -2.28. The maximum atomic E-state index is 5.92. The molecule has 0 saturated carbocycles. The first-order valence-corrected chi connectivity index (χ1v) is 9.43. The third-order valence-corrected chi connectivity index (χ3v) is 4.61. The van der Waals surface area contributed by atoms with Crippen LogP contribution in [0.5, 0.6) is 0 Å². The number of benzene rings is 2. The topological polar surface area (TPSA) is 54.2 Å². The van der Waals surface area contributed by atoms with Gasteiger partial charge in [0, 0.05) is 22.3 Å². The minimum Gasteiger partial charge on any atom is -0.419 e. The molecular weight excluding hydrogens is 380 g/mol. The molecule has 3 rings (SSSR count). The summed E-state index contributed by atoms with van der Waals surface area (Å²) in [5.41, 5.74) is 2.95. The van der Waals surface area contributed by atoms with E-state index in [2.05, 4.69) is 35.4 Å². The lowest BCUT2D eigenvalue weighted by atomic mass is 10.2. The molecule has 140 valence electrons. The Hall–Kier alpha value is -2.44. The minimum absolute atomic E-state index is 0.167. The van der Waals surface area contributed by atoms with E-state index in [0.717, 1.165) is 11.3 Å². The molecule has 1 aromatic heterocycles. The molecule has 0 aliphatic heterocycles. The number of hydrogen-bond acceptors (Lipinski definition) is 4. The van der Waals surface area contributed by atoms with Gasteiger partial charge in [0.15, 0.2) is 5.11 Å². The minimum atomic E-state index is 0.167. The van der Waals surface area contributed by atoms with Gasteiger partial charge in [-0.3, -0.25) is 0 Å². The third-order valence-electron chi connectivity index (χ3n) is 4.02. The molecule has 0 unspecified atom stereocenters. The van der Waals surface area contributed by atoms with Crippen LogP contribution in [0, 0.1) is 6.92 Å². The second kappa shape index (κ2) is 8.50. The quantitative estimate of drug-likeness (QED) is 0.586. The van der Waals surface area contributed by atoms with Crippen molar-refractivity contribution >= 4 is 34.6 Å². The van der Waals surface area contributed by atoms with Crippen LogP contribution >= 0.6 is 23.8 Å². The summed E-state index contributed by atoms with van der Waals surface area (Å²) in [6.07, 6.45) is 0. The molecule has 0 atom stereocenters. The van der Waals surface area contributed by atoms with Crippen molar-refractivity contribution in [2.75, 3.05) is 5.32 Å². The van der Waals surface area contributed by atoms with Gasteiger partial charge in [-0.2, -0.15) is 0 Å². The van der Waals surface area contributed by atoms with E-state index in [1.54, 1.807) is 12.1 Å². The van der Waals surface area contributed by atoms with E-state index in [-0.39, 0.29) is 6.04 Å². The second-order valence-electron chi connectivity index (χ2n) is 6.53. The molecule has 0 bridgehead atoms. The Morgan fingerprint density at radius 3 is 2.59 bits per heavy atom. The number of nitrogens with one attached hydrogen (secondary N) is 1. The Balaban J connectivity index is 1.73. The van der Waals surface area contributed by atoms with Gasteiger partial charge in [0.2, 0.25) is 11.8 Å². The summed E-state index contributed by atoms with van der Waals surface area (Å²) >= 11 is 11.5. The summed E-state index contributed by atoms with van der Waals surface area (Å²) in [4.78, 5) is 2.01. The van der Waals surface area contributed by atoms with Gasteiger partial charge in [0.1, 0.15) is 0 Å². The van der Waals surface area contributed by atoms with E-state index in [1.165, 1.54) is 5.56 Å². The van der Waals surface area contributed by atoms with Gasteiger partial charge >= 0.3 is 0 Å². The third kappa shape index (κ3) is 5.05. The number of halogens is 1. The molecule has 27 heavy (non-hydrogen) atoms. The second-order valence-corrected chi connectivity index (χ2v) is 7.35. The largest absolute Gasteiger partial charge is 0.419 e. The summed E-state index contributed by atoms with van der Waals surface area (Å²) in [5.74, 6) is 0.963. The van der Waals surface area contributed by atoms with Gasteiger partial charge in [0.25, 0.3) is 0 Å². The average Bonchev–Trinajstić information content (AvgIpc) is 3.08. The van der Waals surface area contributed by atoms with E-state index in [4.69, 9.17) is 28.2 Å². The SMILES string of the molecule is Cc1cccc(NC(=S)N(Cc2nnc(-c3ccc(Cl)cc3)o2)C(C)C)c1. The van der Waals surface area contributed by atoms with E-state index in [9.17, 15) is 0 Å². The summed E-state index contributed by atoms with van der Waals surface area (Å²) in [7, 11) is 0. The maximum Gasteiger partial charge on any atom is 0.247 e. The Kier molecular flexibility index (Phi) is 6.08. The molecule has 0 fully saturated rings. The zero-order valence-corrected chi connectivity index (χ0v) is 17.0. The van der Waals surface area contributed by atoms with Crippen molar-refractivity contribution in [3.63, 3.8) is 0 Å². The lowest BCUT2D eigenvalue weighted by Crippen LogP contribution is -2.39. The van der Waals surface area contributed by atoms with Gasteiger partial charge in [-0.25, -0.2) is 0 Å². The fourth-order valence-electron chi connectivity index (χ4n) is 2.58. The molecule has 0 aliphatic carbocycles. The Morgan fingerprint density at radius 1 is 1.19 bits per heavy atom. The Bertz CT molecular complexity index is 924. The molecule has 1 N–H and O–H groups in total. The highest BCUT2D eigenvalue weighted by atomic mass is 35.5. The highest BCUT2D eigenvalue weighted by Crippen LogP contribution is 2.21. The van der Waals surface area contributed by atoms with E-state index in [0.29, 0.717) is 28.5 Å². The van der Waals surface area contributed by atoms with Crippen LogP contribution in [0.1, 0.15) is 25.3 Å². The van der Waals surface area contributed by atoms with E-state index in [1.807, 2.05) is 42.2 Å². The fourth-order valence-corrected chi connectivity index (χ4v) is 3.10. The van der Waals surface area contributed by atoms with E-state index >= 15 is 0 Å². The number of nitrogens with zero attached hydrogens (tertiary/aromatic N) is 3. The van der Waals surface area contributed by atoms with Crippen molar-refractivity contribution in [3.05, 3.63) is 65.0 Å². The first-order chi connectivity index (χ1) is 12.9. The summed E-state index contributed by atoms with van der Waals surface area (Å²) in [5, 5.41) is 12.9. The van der Waals surface area contributed by atoms with Crippen LogP contribution in [-0.2, 0) is 6.54 Å². The van der Waals surface area contributed by atoms with Crippen LogP contribution in [0.2, 0.25) is 5.02 Å². The van der Waals surface area contributed by atoms with Gasteiger partial charge in [-0.05, 0) is 75.0 Å². The molecule has 1 heterocycles. The predicted octanol–water partition coefficient (Wildman–Crippen LogP) is 5.31. The number of aromatic nitrogens is 2. The number of thiocarbonyl (C=S) groups is 1. The maximum absolute atomic E-state index is 5.92. The highest BCUT2D eigenvalue weighted by molar-refractivity contribution is 7.80. The van der Waals surface area contributed by atoms with E-state index < -0.39 is 0 Å². The average molecular weight is 401 g/mol. The normalized spacial score (nSPS) is 10.9. The van der Waals surface area contributed by atoms with Crippen LogP contribution in [0.15, 0.2) is 52.9 Å². The number of anilines is 1. The lowest BCUT2D eigenvalue weighted by molar-refractivity contribution is 0.309. The highest BCUT2D eigenvalue weighted by Gasteiger charge is 2.18. The van der Waals surface area contributed by atoms with Gasteiger partial charge in [-0.1, -0.05) is 23.7 Å². The molecule has 0 amide bonds. The molecule has 0 radical (unpaired) electrons. The van der Waals surface area contributed by atoms with Crippen molar-refractivity contribution < 1.29 is 4.42 Å². The number of aryl methyl sites for hydroxylation is 1. The van der Waals surface area contributed by atoms with Crippen molar-refractivity contribution in [1.82, 2.24) is 15.1 Å². The summed E-state index contributed by atoms with van der Waals surface area (Å²) in [6, 6.07) is 15.5. The monoisotopic (exact) mass is 400 g/mol. The smallest absolute Gasteiger partial charge is 0.247 e. The molecular formula is C20H21ClN4OS. The van der Waals surface area contributed by atoms with Crippen molar-refractivity contribution in [2.24, 2.45) is 0 Å². The van der Waals surface area contributed by atoms with Crippen LogP contribution < -0.4 is 5.32 Å². The predicted molar refractivity (Wildman–Crippen MR) is 113 cm³/mol. The first kappa shape index (κ1) is 19.3. The molecule has 7 heteroatoms. The molecule has 0 saturated heterocycles. The van der Waals surface area contributed by atoms with Crippen molar-refractivity contribution in [2.45, 2.75) is 33.4 Å². The van der Waals surface area contributed by atoms with Crippen LogP contribution in [0.3, 0.4) is 0 Å². The standard InChI is InChI=1S/C20H21ClN4OS/c1-13(2)25(20(27)22-17-6-4-5-14(3)11-17)12-18-23-24-19(26-18)15-7-9-16(21)10-8-15/h4-11,13H,12H2,1-3H3,(H,22,27). The van der Waals surface area contributed by atoms with Crippen molar-refractivity contribution in [1.29, 1.82) is 0 Å². The Morgan fingerprint density at radius 2 is 1.93 bits per heavy atom. The van der Waals surface area contributed by atoms with Gasteiger partial charge < -0.3 is 14.6 Å². The molecule has 2 aromatic carbocycles. The zero-order chi connectivity index (χ0) is 19.4. The number of rotatable bonds is 5. The van der Waals surface area contributed by atoms with Gasteiger partial charge in [-0.15, -0.1) is 10.2 Å². The van der Waals surface area contributed by atoms with Crippen molar-refractivity contribution in [3.8, 4) is 11.5 Å². The molecule has 0 aliphatic rings. The first-order valence-electron chi connectivity index (χ1n) is 8.65. The van der Waals surface area contributed by atoms with Crippen LogP contribution in [-0.4, -0.2) is 26.3 Å². The summed E-state index contributed by atoms with van der Waals surface area (Å²) < 4.78 is 5.82. The van der Waals surface area contributed by atoms with Gasteiger partial charge in [0.05, 0.1) is 6.54 Å². The van der Waals surface area contributed by atoms with Crippen LogP contribution in [0.25, 0.3) is 11.5 Å². The molecule has 5 nitrogen and oxygen atoms in total. The zero-order valence-electron chi connectivity index (χ0n) is 15.4. The Labute approximate surface area is 169 Å². The fraction of sp³-hybridized carbons (Fsp3) is 0.250. The van der Waals surface area contributed by atoms with Crippen LogP contribution in [0.4, 0.5) is 5.69 Å². The molecule has 0 spiro atoms. The molecule has 3 aromatic rings.